The summed E-state index contributed by atoms with van der Waals surface area (Å²) in [6.45, 7) is 14.9. The zero-order valence-electron chi connectivity index (χ0n) is 18.3. The molecule has 0 fully saturated rings. The Bertz CT molecular complexity index is 293. The molecule has 164 valence electrons. The fraction of sp³-hybridized carbons (Fsp3) is 1.00. The summed E-state index contributed by atoms with van der Waals surface area (Å²) in [7, 11) is -3.45. The topological polar surface area (TPSA) is 64.6 Å². The Kier molecular flexibility index (Phi) is 17.9. The molecule has 0 aliphatic carbocycles. The Morgan fingerprint density at radius 1 is 0.556 bits per heavy atom. The van der Waals surface area contributed by atoms with Crippen molar-refractivity contribution in [2.75, 3.05) is 39.6 Å². The maximum absolute atomic E-state index is 6.38. The van der Waals surface area contributed by atoms with E-state index in [1.807, 2.05) is 20.8 Å². The Morgan fingerprint density at radius 2 is 0.889 bits per heavy atom. The molecule has 0 heterocycles. The van der Waals surface area contributed by atoms with Crippen molar-refractivity contribution in [1.82, 2.24) is 0 Å². The average Bonchev–Trinajstić information content (AvgIpc) is 2.63. The second kappa shape index (κ2) is 17.5. The van der Waals surface area contributed by atoms with Crippen molar-refractivity contribution in [3.05, 3.63) is 0 Å². The van der Waals surface area contributed by atoms with Crippen LogP contribution in [-0.2, 0) is 44.4 Å². The van der Waals surface area contributed by atoms with Crippen LogP contribution >= 0.6 is 0 Å². The molecule has 0 unspecified atom stereocenters. The fourth-order valence-corrected chi connectivity index (χ4v) is 9.36. The third-order valence-electron chi connectivity index (χ3n) is 3.54. The number of hydrogen-bond acceptors (Lipinski definition) is 7. The van der Waals surface area contributed by atoms with Crippen LogP contribution in [0.4, 0.5) is 0 Å². The van der Waals surface area contributed by atoms with Crippen LogP contribution in [0.1, 0.15) is 80.1 Å². The van der Waals surface area contributed by atoms with Gasteiger partial charge in [-0.05, 0) is 0 Å². The monoisotopic (exact) mass is 446 g/mol. The van der Waals surface area contributed by atoms with E-state index in [-0.39, 0.29) is 0 Å². The van der Waals surface area contributed by atoms with Crippen molar-refractivity contribution in [1.29, 1.82) is 0 Å². The van der Waals surface area contributed by atoms with Gasteiger partial charge in [0, 0.05) is 0 Å². The Morgan fingerprint density at radius 3 is 1.15 bits per heavy atom. The van der Waals surface area contributed by atoms with E-state index in [4.69, 9.17) is 26.2 Å². The molecule has 0 bridgehead atoms. The molecule has 0 N–H and O–H groups in total. The molecule has 0 aromatic carbocycles. The molecule has 0 aromatic rings. The van der Waals surface area contributed by atoms with Gasteiger partial charge in [0.15, 0.2) is 0 Å². The Labute approximate surface area is 173 Å². The summed E-state index contributed by atoms with van der Waals surface area (Å²) >= 11 is -4.03. The predicted molar refractivity (Wildman–Crippen MR) is 104 cm³/mol. The molecule has 0 radical (unpaired) electrons. The molecule has 0 saturated carbocycles. The van der Waals surface area contributed by atoms with E-state index in [0.717, 1.165) is 38.5 Å². The SMILES string of the molecule is CCCCO[Si](OCCCC)(OCCCC)[O][Ti]([O]CC)([O]CC)[O]CC. The van der Waals surface area contributed by atoms with Gasteiger partial charge in [0.25, 0.3) is 0 Å². The standard InChI is InChI=1S/C12H27O4Si.3C2H5O.Ti/c1-4-7-10-14-17(13,15-11-8-5-2)16-12-9-6-3;3*1-2-3;/h4-12H2,1-3H3;3*2H2,1H3;/q4*-1;+4. The third kappa shape index (κ3) is 12.1. The Hall–Kier alpha value is 0.651. The van der Waals surface area contributed by atoms with Crippen LogP contribution in [0.25, 0.3) is 0 Å². The zero-order chi connectivity index (χ0) is 20.4. The minimum absolute atomic E-state index is 0.434. The summed E-state index contributed by atoms with van der Waals surface area (Å²) in [5.41, 5.74) is 0. The van der Waals surface area contributed by atoms with Crippen LogP contribution in [0.2, 0.25) is 0 Å². The van der Waals surface area contributed by atoms with Gasteiger partial charge in [-0.25, -0.2) is 0 Å². The summed E-state index contributed by atoms with van der Waals surface area (Å²) in [5.74, 6) is 0. The first-order valence-corrected chi connectivity index (χ1v) is 14.8. The van der Waals surface area contributed by atoms with Gasteiger partial charge in [-0.3, -0.25) is 0 Å². The van der Waals surface area contributed by atoms with Gasteiger partial charge in [0.1, 0.15) is 0 Å². The summed E-state index contributed by atoms with van der Waals surface area (Å²) < 4.78 is 42.5. The summed E-state index contributed by atoms with van der Waals surface area (Å²) in [4.78, 5) is 0. The van der Waals surface area contributed by atoms with Crippen LogP contribution in [0, 0.1) is 0 Å². The van der Waals surface area contributed by atoms with Gasteiger partial charge in [-0.1, -0.05) is 0 Å². The van der Waals surface area contributed by atoms with Gasteiger partial charge >= 0.3 is 173 Å². The van der Waals surface area contributed by atoms with E-state index in [2.05, 4.69) is 20.8 Å². The van der Waals surface area contributed by atoms with Crippen molar-refractivity contribution >= 4 is 9.05 Å². The molecule has 0 aliphatic rings. The molecule has 0 spiro atoms. The first-order chi connectivity index (χ1) is 13.1. The van der Waals surface area contributed by atoms with Crippen molar-refractivity contribution < 1.29 is 44.4 Å². The molecule has 27 heavy (non-hydrogen) atoms. The molecular formula is C18H42O7SiTi. The number of hydrogen-bond donors (Lipinski definition) is 0. The average molecular weight is 446 g/mol. The molecule has 7 nitrogen and oxygen atoms in total. The third-order valence-corrected chi connectivity index (χ3v) is 11.1. The van der Waals surface area contributed by atoms with Crippen molar-refractivity contribution in [2.45, 2.75) is 80.1 Å². The predicted octanol–water partition coefficient (Wildman–Crippen LogP) is 4.81. The number of rotatable bonds is 20. The fourth-order valence-electron chi connectivity index (χ4n) is 2.13. The van der Waals surface area contributed by atoms with Crippen LogP contribution in [0.5, 0.6) is 0 Å². The van der Waals surface area contributed by atoms with E-state index >= 15 is 0 Å². The van der Waals surface area contributed by atoms with Crippen molar-refractivity contribution in [2.24, 2.45) is 0 Å². The molecule has 0 atom stereocenters. The first-order valence-electron chi connectivity index (χ1n) is 10.6. The van der Waals surface area contributed by atoms with Gasteiger partial charge in [0.2, 0.25) is 0 Å². The van der Waals surface area contributed by atoms with Crippen LogP contribution < -0.4 is 0 Å². The van der Waals surface area contributed by atoms with E-state index in [1.54, 1.807) is 0 Å². The van der Waals surface area contributed by atoms with Crippen molar-refractivity contribution in [3.8, 4) is 0 Å². The van der Waals surface area contributed by atoms with E-state index in [9.17, 15) is 0 Å². The van der Waals surface area contributed by atoms with Gasteiger partial charge in [-0.2, -0.15) is 0 Å². The molecule has 0 saturated heterocycles. The molecule has 9 heteroatoms. The molecule has 0 amide bonds. The van der Waals surface area contributed by atoms with E-state index in [0.29, 0.717) is 39.6 Å². The summed E-state index contributed by atoms with van der Waals surface area (Å²) in [6.07, 6.45) is 5.77. The maximum atomic E-state index is 6.38. The molecular weight excluding hydrogens is 404 g/mol. The molecule has 0 rings (SSSR count). The minimum atomic E-state index is -4.03. The summed E-state index contributed by atoms with van der Waals surface area (Å²) in [5, 5.41) is 0. The molecule has 0 aliphatic heterocycles. The second-order valence-electron chi connectivity index (χ2n) is 6.01. The van der Waals surface area contributed by atoms with Gasteiger partial charge in [0.05, 0.1) is 0 Å². The molecule has 0 aromatic heterocycles. The quantitative estimate of drug-likeness (QED) is 0.196. The van der Waals surface area contributed by atoms with E-state index < -0.39 is 27.2 Å². The first kappa shape index (κ1) is 27.7. The van der Waals surface area contributed by atoms with E-state index in [1.165, 1.54) is 0 Å². The second-order valence-corrected chi connectivity index (χ2v) is 11.9. The van der Waals surface area contributed by atoms with Crippen LogP contribution in [0.3, 0.4) is 0 Å². The normalized spacial score (nSPS) is 12.7. The zero-order valence-corrected chi connectivity index (χ0v) is 20.9. The van der Waals surface area contributed by atoms with Crippen molar-refractivity contribution in [3.63, 3.8) is 0 Å². The Balaban J connectivity index is 5.55. The van der Waals surface area contributed by atoms with Gasteiger partial charge < -0.3 is 0 Å². The number of unbranched alkanes of at least 4 members (excludes halogenated alkanes) is 3. The summed E-state index contributed by atoms with van der Waals surface area (Å²) in [6, 6.07) is 0. The van der Waals surface area contributed by atoms with Crippen LogP contribution in [0.15, 0.2) is 0 Å². The van der Waals surface area contributed by atoms with Crippen LogP contribution in [-0.4, -0.2) is 48.7 Å². The van der Waals surface area contributed by atoms with Gasteiger partial charge in [-0.15, -0.1) is 0 Å².